The molecule has 0 aliphatic carbocycles. The van der Waals surface area contributed by atoms with Crippen molar-refractivity contribution in [1.82, 2.24) is 5.32 Å². The van der Waals surface area contributed by atoms with Gasteiger partial charge < -0.3 is 0 Å². The molecule has 0 bridgehead atoms. The minimum Gasteiger partial charge on any atom is -0.289 e. The number of primary sulfonamides is 1. The number of hydrogen-bond acceptors (Lipinski definition) is 5. The zero-order valence-corrected chi connectivity index (χ0v) is 8.11. The monoisotopic (exact) mass is 214 g/mol. The van der Waals surface area contributed by atoms with Crippen LogP contribution in [0.2, 0.25) is 0 Å². The molecule has 2 rings (SSSR count). The van der Waals surface area contributed by atoms with Gasteiger partial charge in [-0.15, -0.1) is 0 Å². The maximum atomic E-state index is 11.0. The number of sulfonamides is 1. The van der Waals surface area contributed by atoms with Crippen LogP contribution < -0.4 is 10.5 Å². The Balaban J connectivity index is 2.33. The molecule has 14 heavy (non-hydrogen) atoms. The number of nitrogens with two attached hydrogens (primary N) is 1. The number of dihydropyridines is 1. The Kier molecular flexibility index (Phi) is 2.22. The summed E-state index contributed by atoms with van der Waals surface area (Å²) >= 11 is 0. The van der Waals surface area contributed by atoms with Crippen LogP contribution in [-0.4, -0.2) is 39.6 Å². The SMILES string of the molecule is NS(=O)(=O)C1=CC2N=CCNC2N=C1. The lowest BCUT2D eigenvalue weighted by molar-refractivity contribution is 0.501. The van der Waals surface area contributed by atoms with Crippen LogP contribution in [0.4, 0.5) is 0 Å². The van der Waals surface area contributed by atoms with Gasteiger partial charge in [-0.1, -0.05) is 0 Å². The molecular formula is C7H10N4O2S. The quantitative estimate of drug-likeness (QED) is 0.562. The molecule has 6 nitrogen and oxygen atoms in total. The van der Waals surface area contributed by atoms with Crippen molar-refractivity contribution in [3.63, 3.8) is 0 Å². The molecule has 0 aromatic heterocycles. The molecule has 0 aromatic carbocycles. The third-order valence-electron chi connectivity index (χ3n) is 2.05. The Morgan fingerprint density at radius 1 is 1.50 bits per heavy atom. The highest BCUT2D eigenvalue weighted by molar-refractivity contribution is 7.93. The number of nitrogens with one attached hydrogen (secondary N) is 1. The lowest BCUT2D eigenvalue weighted by Crippen LogP contribution is -2.43. The normalized spacial score (nSPS) is 31.1. The van der Waals surface area contributed by atoms with Crippen LogP contribution in [0.3, 0.4) is 0 Å². The van der Waals surface area contributed by atoms with E-state index in [0.717, 1.165) is 0 Å². The summed E-state index contributed by atoms with van der Waals surface area (Å²) < 4.78 is 22.0. The smallest absolute Gasteiger partial charge is 0.239 e. The molecule has 0 saturated heterocycles. The summed E-state index contributed by atoms with van der Waals surface area (Å²) in [5.74, 6) is 0. The Hall–Kier alpha value is -1.05. The Bertz CT molecular complexity index is 423. The van der Waals surface area contributed by atoms with Crippen LogP contribution in [0.5, 0.6) is 0 Å². The Morgan fingerprint density at radius 3 is 3.00 bits per heavy atom. The molecule has 0 aromatic rings. The Morgan fingerprint density at radius 2 is 2.29 bits per heavy atom. The molecule has 2 heterocycles. The summed E-state index contributed by atoms with van der Waals surface area (Å²) in [5, 5.41) is 8.04. The maximum Gasteiger partial charge on any atom is 0.239 e. The zero-order chi connectivity index (χ0) is 10.2. The van der Waals surface area contributed by atoms with E-state index in [0.29, 0.717) is 6.54 Å². The summed E-state index contributed by atoms with van der Waals surface area (Å²) in [5.41, 5.74) is 0. The van der Waals surface area contributed by atoms with Crippen LogP contribution in [0.1, 0.15) is 0 Å². The predicted octanol–water partition coefficient (Wildman–Crippen LogP) is -1.39. The number of aliphatic imine (C=N–C) groups is 2. The predicted molar refractivity (Wildman–Crippen MR) is 53.8 cm³/mol. The van der Waals surface area contributed by atoms with Crippen molar-refractivity contribution in [3.05, 3.63) is 11.0 Å². The van der Waals surface area contributed by atoms with Gasteiger partial charge >= 0.3 is 0 Å². The van der Waals surface area contributed by atoms with E-state index in [-0.39, 0.29) is 17.1 Å². The number of nitrogens with zero attached hydrogens (tertiary/aromatic N) is 2. The molecule has 7 heteroatoms. The van der Waals surface area contributed by atoms with Crippen LogP contribution in [0.25, 0.3) is 0 Å². The van der Waals surface area contributed by atoms with Crippen molar-refractivity contribution >= 4 is 22.5 Å². The van der Waals surface area contributed by atoms with Gasteiger partial charge in [-0.05, 0) is 6.08 Å². The number of hydrogen-bond donors (Lipinski definition) is 2. The summed E-state index contributed by atoms with van der Waals surface area (Å²) in [6.45, 7) is 0.650. The molecule has 0 radical (unpaired) electrons. The highest BCUT2D eigenvalue weighted by atomic mass is 32.2. The first kappa shape index (κ1) is 9.50. The molecule has 0 saturated carbocycles. The standard InChI is InChI=1S/C7H10N4O2S/c8-14(12,13)5-3-6-7(11-4-5)10-2-1-9-6/h1,3-4,6-7,10H,2H2,(H2,8,12,13). The number of allylic oxidation sites excluding steroid dienone is 1. The molecule has 2 atom stereocenters. The average Bonchev–Trinajstić information content (AvgIpc) is 2.16. The summed E-state index contributed by atoms with van der Waals surface area (Å²) in [6.07, 6.45) is 4.31. The zero-order valence-electron chi connectivity index (χ0n) is 7.29. The Labute approximate surface area is 81.7 Å². The molecule has 3 N–H and O–H groups in total. The molecule has 2 unspecified atom stereocenters. The van der Waals surface area contributed by atoms with Crippen LogP contribution >= 0.6 is 0 Å². The van der Waals surface area contributed by atoms with Crippen LogP contribution in [-0.2, 0) is 10.0 Å². The first-order valence-corrected chi connectivity index (χ1v) is 5.65. The summed E-state index contributed by atoms with van der Waals surface area (Å²) in [7, 11) is -3.67. The second-order valence-electron chi connectivity index (χ2n) is 3.07. The fourth-order valence-corrected chi connectivity index (χ4v) is 1.90. The van der Waals surface area contributed by atoms with E-state index in [4.69, 9.17) is 5.14 Å². The van der Waals surface area contributed by atoms with Gasteiger partial charge in [0, 0.05) is 19.0 Å². The second-order valence-corrected chi connectivity index (χ2v) is 4.63. The van der Waals surface area contributed by atoms with E-state index in [2.05, 4.69) is 15.3 Å². The molecule has 2 aliphatic heterocycles. The first-order valence-electron chi connectivity index (χ1n) is 4.10. The van der Waals surface area contributed by atoms with Gasteiger partial charge in [-0.3, -0.25) is 15.3 Å². The lowest BCUT2D eigenvalue weighted by Gasteiger charge is -2.25. The fourth-order valence-electron chi connectivity index (χ4n) is 1.36. The van der Waals surface area contributed by atoms with Gasteiger partial charge in [-0.2, -0.15) is 0 Å². The van der Waals surface area contributed by atoms with Crippen molar-refractivity contribution in [3.8, 4) is 0 Å². The van der Waals surface area contributed by atoms with E-state index in [1.54, 1.807) is 6.21 Å². The van der Waals surface area contributed by atoms with Gasteiger partial charge in [0.15, 0.2) is 0 Å². The van der Waals surface area contributed by atoms with E-state index in [1.165, 1.54) is 12.3 Å². The minimum atomic E-state index is -3.67. The molecule has 0 fully saturated rings. The first-order chi connectivity index (χ1) is 6.57. The second kappa shape index (κ2) is 3.26. The molecule has 76 valence electrons. The summed E-state index contributed by atoms with van der Waals surface area (Å²) in [6, 6.07) is -0.262. The summed E-state index contributed by atoms with van der Waals surface area (Å²) in [4.78, 5) is 8.17. The van der Waals surface area contributed by atoms with Gasteiger partial charge in [0.25, 0.3) is 0 Å². The molecule has 0 spiro atoms. The van der Waals surface area contributed by atoms with Crippen molar-refractivity contribution in [1.29, 1.82) is 0 Å². The lowest BCUT2D eigenvalue weighted by atomic mass is 10.1. The topological polar surface area (TPSA) is 96.9 Å². The van der Waals surface area contributed by atoms with E-state index in [9.17, 15) is 8.42 Å². The van der Waals surface area contributed by atoms with E-state index < -0.39 is 10.0 Å². The molecule has 2 aliphatic rings. The van der Waals surface area contributed by atoms with Gasteiger partial charge in [0.1, 0.15) is 12.2 Å². The highest BCUT2D eigenvalue weighted by Crippen LogP contribution is 2.14. The van der Waals surface area contributed by atoms with Crippen molar-refractivity contribution < 1.29 is 8.42 Å². The van der Waals surface area contributed by atoms with Gasteiger partial charge in [0.05, 0.1) is 4.91 Å². The highest BCUT2D eigenvalue weighted by Gasteiger charge is 2.25. The van der Waals surface area contributed by atoms with Crippen molar-refractivity contribution in [2.75, 3.05) is 6.54 Å². The molecular weight excluding hydrogens is 204 g/mol. The van der Waals surface area contributed by atoms with Crippen molar-refractivity contribution in [2.24, 2.45) is 15.1 Å². The van der Waals surface area contributed by atoms with Crippen molar-refractivity contribution in [2.45, 2.75) is 12.2 Å². The molecule has 0 amide bonds. The van der Waals surface area contributed by atoms with E-state index >= 15 is 0 Å². The number of fused-ring (bicyclic) bond motifs is 1. The third-order valence-corrected chi connectivity index (χ3v) is 2.94. The number of rotatable bonds is 1. The average molecular weight is 214 g/mol. The van der Waals surface area contributed by atoms with Gasteiger partial charge in [0.2, 0.25) is 10.0 Å². The van der Waals surface area contributed by atoms with Gasteiger partial charge in [-0.25, -0.2) is 13.6 Å². The van der Waals surface area contributed by atoms with E-state index in [1.807, 2.05) is 0 Å². The maximum absolute atomic E-state index is 11.0. The largest absolute Gasteiger partial charge is 0.289 e. The fraction of sp³-hybridized carbons (Fsp3) is 0.429. The minimum absolute atomic E-state index is 0.0274. The van der Waals surface area contributed by atoms with Crippen LogP contribution in [0.15, 0.2) is 21.0 Å². The van der Waals surface area contributed by atoms with Crippen LogP contribution in [0, 0.1) is 0 Å². The third kappa shape index (κ3) is 1.74.